The molecule has 1 aliphatic rings. The number of carboxylic acids is 2. The van der Waals surface area contributed by atoms with Crippen LogP contribution in [-0.2, 0) is 14.3 Å². The molecule has 0 aromatic carbocycles. The average molecular weight is 335 g/mol. The number of halogens is 1. The van der Waals surface area contributed by atoms with Crippen LogP contribution in [0.25, 0.3) is 0 Å². The lowest BCUT2D eigenvalue weighted by Crippen LogP contribution is -2.50. The van der Waals surface area contributed by atoms with E-state index in [9.17, 15) is 19.8 Å². The van der Waals surface area contributed by atoms with Crippen molar-refractivity contribution in [3.63, 3.8) is 0 Å². The highest BCUT2D eigenvalue weighted by Crippen LogP contribution is 2.46. The molecular formula is C13H19BrO5. The second kappa shape index (κ2) is 5.63. The Morgan fingerprint density at radius 3 is 2.42 bits per heavy atom. The highest BCUT2D eigenvalue weighted by Gasteiger charge is 2.53. The Balaban J connectivity index is 3.12. The lowest BCUT2D eigenvalue weighted by Gasteiger charge is -2.41. The van der Waals surface area contributed by atoms with Gasteiger partial charge in [-0.2, -0.15) is 0 Å². The van der Waals surface area contributed by atoms with E-state index in [0.717, 1.165) is 0 Å². The van der Waals surface area contributed by atoms with Gasteiger partial charge in [0.25, 0.3) is 0 Å². The van der Waals surface area contributed by atoms with E-state index in [0.29, 0.717) is 0 Å². The maximum absolute atomic E-state index is 11.7. The zero-order chi connectivity index (χ0) is 14.8. The smallest absolute Gasteiger partial charge is 0.313 e. The van der Waals surface area contributed by atoms with E-state index in [1.54, 1.807) is 12.2 Å². The van der Waals surface area contributed by atoms with Crippen molar-refractivity contribution in [1.29, 1.82) is 0 Å². The summed E-state index contributed by atoms with van der Waals surface area (Å²) in [4.78, 5) is 22.5. The van der Waals surface area contributed by atoms with Crippen LogP contribution in [0.4, 0.5) is 0 Å². The second-order valence-corrected chi connectivity index (χ2v) is 6.47. The van der Waals surface area contributed by atoms with E-state index in [4.69, 9.17) is 4.74 Å². The van der Waals surface area contributed by atoms with Gasteiger partial charge in [-0.05, 0) is 27.2 Å². The molecule has 0 saturated carbocycles. The number of carbonyl (C=O) groups is 2. The summed E-state index contributed by atoms with van der Waals surface area (Å²) in [5.74, 6) is -2.08. The molecule has 0 radical (unpaired) electrons. The van der Waals surface area contributed by atoms with Crippen LogP contribution in [-0.4, -0.2) is 39.7 Å². The Bertz CT molecular complexity index is 406. The van der Waals surface area contributed by atoms with Crippen LogP contribution in [0, 0.1) is 10.8 Å². The fourth-order valence-electron chi connectivity index (χ4n) is 2.14. The van der Waals surface area contributed by atoms with E-state index in [1.165, 1.54) is 6.92 Å². The first-order valence-corrected chi connectivity index (χ1v) is 6.97. The minimum atomic E-state index is -1.27. The molecule has 0 aromatic rings. The first kappa shape index (κ1) is 16.2. The number of rotatable bonds is 5. The van der Waals surface area contributed by atoms with Crippen molar-refractivity contribution in [2.45, 2.75) is 38.1 Å². The molecular weight excluding hydrogens is 316 g/mol. The summed E-state index contributed by atoms with van der Waals surface area (Å²) in [6.07, 6.45) is 3.02. The van der Waals surface area contributed by atoms with E-state index < -0.39 is 27.6 Å². The molecule has 0 aromatic heterocycles. The number of hydrogen-bond donors (Lipinski definition) is 2. The zero-order valence-electron chi connectivity index (χ0n) is 11.2. The molecule has 1 rings (SSSR count). The topological polar surface area (TPSA) is 83.8 Å². The van der Waals surface area contributed by atoms with Gasteiger partial charge < -0.3 is 14.9 Å². The first-order chi connectivity index (χ1) is 8.64. The van der Waals surface area contributed by atoms with Gasteiger partial charge in [-0.1, -0.05) is 28.1 Å². The Kier molecular flexibility index (Phi) is 4.79. The van der Waals surface area contributed by atoms with Gasteiger partial charge in [-0.15, -0.1) is 0 Å². The van der Waals surface area contributed by atoms with E-state index in [1.807, 2.05) is 13.8 Å². The summed E-state index contributed by atoms with van der Waals surface area (Å²) in [6, 6.07) is 0. The molecule has 0 aliphatic heterocycles. The van der Waals surface area contributed by atoms with Gasteiger partial charge in [0.15, 0.2) is 0 Å². The van der Waals surface area contributed by atoms with Crippen molar-refractivity contribution in [2.75, 3.05) is 6.61 Å². The molecule has 3 atom stereocenters. The van der Waals surface area contributed by atoms with Gasteiger partial charge in [0, 0.05) is 0 Å². The molecule has 1 aliphatic carbocycles. The predicted molar refractivity (Wildman–Crippen MR) is 73.4 cm³/mol. The number of ether oxygens (including phenoxy) is 1. The Hall–Kier alpha value is -0.880. The van der Waals surface area contributed by atoms with Crippen LogP contribution in [0.2, 0.25) is 0 Å². The fraction of sp³-hybridized carbons (Fsp3) is 0.692. The van der Waals surface area contributed by atoms with Gasteiger partial charge in [-0.3, -0.25) is 9.59 Å². The number of alkyl halides is 1. The summed E-state index contributed by atoms with van der Waals surface area (Å²) in [5, 5.41) is 18.8. The molecule has 19 heavy (non-hydrogen) atoms. The molecule has 0 spiro atoms. The molecule has 0 saturated heterocycles. The van der Waals surface area contributed by atoms with Crippen molar-refractivity contribution in [3.8, 4) is 0 Å². The second-order valence-electron chi connectivity index (χ2n) is 5.48. The number of hydrogen-bond acceptors (Lipinski definition) is 3. The Morgan fingerprint density at radius 2 is 2.00 bits per heavy atom. The third-order valence-electron chi connectivity index (χ3n) is 3.43. The first-order valence-electron chi connectivity index (χ1n) is 6.06. The molecule has 6 heteroatoms. The molecule has 0 fully saturated rings. The maximum atomic E-state index is 11.7. The molecule has 0 bridgehead atoms. The minimum absolute atomic E-state index is 0.0101. The molecule has 3 unspecified atom stereocenters. The van der Waals surface area contributed by atoms with Crippen molar-refractivity contribution >= 4 is 27.9 Å². The standard InChI is InChI=1S/C13H19BrO5/c1-8(2)19-7-13(11(17)18)6-12(3,10(15)16)5-4-9(13)14/h4-5,8-9H,6-7H2,1-3H3,(H,15,16)(H,17,18). The van der Waals surface area contributed by atoms with E-state index in [-0.39, 0.29) is 19.1 Å². The van der Waals surface area contributed by atoms with Crippen LogP contribution < -0.4 is 0 Å². The molecule has 5 nitrogen and oxygen atoms in total. The third kappa shape index (κ3) is 3.17. The van der Waals surface area contributed by atoms with Crippen molar-refractivity contribution in [1.82, 2.24) is 0 Å². The van der Waals surface area contributed by atoms with Crippen molar-refractivity contribution < 1.29 is 24.5 Å². The predicted octanol–water partition coefficient (Wildman–Crippen LogP) is 2.30. The normalized spacial score (nSPS) is 34.5. The summed E-state index contributed by atoms with van der Waals surface area (Å²) in [7, 11) is 0. The SMILES string of the molecule is CC(C)OCC1(C(=O)O)CC(C)(C(=O)O)C=CC1Br. The molecule has 0 amide bonds. The number of aliphatic carboxylic acids is 2. The summed E-state index contributed by atoms with van der Waals surface area (Å²) in [5.41, 5.74) is -2.46. The minimum Gasteiger partial charge on any atom is -0.481 e. The van der Waals surface area contributed by atoms with Crippen LogP contribution >= 0.6 is 15.9 Å². The van der Waals surface area contributed by atoms with Gasteiger partial charge in [0.1, 0.15) is 5.41 Å². The van der Waals surface area contributed by atoms with Crippen LogP contribution in [0.15, 0.2) is 12.2 Å². The number of carboxylic acid groups (broad SMARTS) is 2. The zero-order valence-corrected chi connectivity index (χ0v) is 12.8. The lowest BCUT2D eigenvalue weighted by molar-refractivity contribution is -0.160. The highest BCUT2D eigenvalue weighted by molar-refractivity contribution is 9.09. The summed E-state index contributed by atoms with van der Waals surface area (Å²) < 4.78 is 5.45. The summed E-state index contributed by atoms with van der Waals surface area (Å²) in [6.45, 7) is 5.13. The van der Waals surface area contributed by atoms with Gasteiger partial charge in [-0.25, -0.2) is 0 Å². The molecule has 2 N–H and O–H groups in total. The Labute approximate surface area is 120 Å². The van der Waals surface area contributed by atoms with Gasteiger partial charge in [0.05, 0.1) is 23.0 Å². The number of allylic oxidation sites excluding steroid dienone is 1. The van der Waals surface area contributed by atoms with Crippen LogP contribution in [0.3, 0.4) is 0 Å². The van der Waals surface area contributed by atoms with Crippen molar-refractivity contribution in [2.24, 2.45) is 10.8 Å². The fourth-order valence-corrected chi connectivity index (χ4v) is 2.78. The van der Waals surface area contributed by atoms with E-state index in [2.05, 4.69) is 15.9 Å². The highest BCUT2D eigenvalue weighted by atomic mass is 79.9. The molecule has 0 heterocycles. The summed E-state index contributed by atoms with van der Waals surface area (Å²) >= 11 is 3.32. The Morgan fingerprint density at radius 1 is 1.42 bits per heavy atom. The van der Waals surface area contributed by atoms with Crippen LogP contribution in [0.5, 0.6) is 0 Å². The quantitative estimate of drug-likeness (QED) is 0.595. The average Bonchev–Trinajstić information content (AvgIpc) is 2.30. The van der Waals surface area contributed by atoms with Gasteiger partial charge >= 0.3 is 11.9 Å². The largest absolute Gasteiger partial charge is 0.481 e. The van der Waals surface area contributed by atoms with Gasteiger partial charge in [0.2, 0.25) is 0 Å². The monoisotopic (exact) mass is 334 g/mol. The molecule has 108 valence electrons. The lowest BCUT2D eigenvalue weighted by atomic mass is 9.66. The van der Waals surface area contributed by atoms with Crippen molar-refractivity contribution in [3.05, 3.63) is 12.2 Å². The third-order valence-corrected chi connectivity index (χ3v) is 4.61. The van der Waals surface area contributed by atoms with Crippen LogP contribution in [0.1, 0.15) is 27.2 Å². The van der Waals surface area contributed by atoms with E-state index >= 15 is 0 Å². The maximum Gasteiger partial charge on any atom is 0.313 e.